The van der Waals surface area contributed by atoms with Crippen LogP contribution in [0.4, 0.5) is 0 Å². The van der Waals surface area contributed by atoms with Crippen LogP contribution in [0, 0.1) is 0 Å². The second kappa shape index (κ2) is 9.77. The van der Waals surface area contributed by atoms with Gasteiger partial charge in [0, 0.05) is 17.5 Å². The average molecular weight is 372 g/mol. The van der Waals surface area contributed by atoms with E-state index < -0.39 is 6.04 Å². The van der Waals surface area contributed by atoms with Crippen molar-refractivity contribution in [3.8, 4) is 5.75 Å². The summed E-state index contributed by atoms with van der Waals surface area (Å²) in [5.41, 5.74) is 0.882. The number of hydrogen-bond acceptors (Lipinski definition) is 4. The highest BCUT2D eigenvalue weighted by atomic mass is 32.1. The zero-order valence-electron chi connectivity index (χ0n) is 15.3. The lowest BCUT2D eigenvalue weighted by Gasteiger charge is -2.24. The third kappa shape index (κ3) is 5.74. The molecule has 2 amide bonds. The molecule has 0 spiro atoms. The molecule has 0 aliphatic heterocycles. The molecular weight excluding hydrogens is 348 g/mol. The van der Waals surface area contributed by atoms with Gasteiger partial charge in [0.1, 0.15) is 11.8 Å². The molecule has 0 aliphatic carbocycles. The molecule has 0 saturated carbocycles. The average Bonchev–Trinajstić information content (AvgIpc) is 3.17. The topological polar surface area (TPSA) is 58.6 Å². The smallest absolute Gasteiger partial charge is 0.245 e. The minimum Gasteiger partial charge on any atom is -0.497 e. The Labute approximate surface area is 158 Å². The lowest BCUT2D eigenvalue weighted by Crippen LogP contribution is -2.46. The largest absolute Gasteiger partial charge is 0.497 e. The van der Waals surface area contributed by atoms with E-state index in [1.807, 2.05) is 48.7 Å². The fourth-order valence-electron chi connectivity index (χ4n) is 2.42. The summed E-state index contributed by atoms with van der Waals surface area (Å²) in [6, 6.07) is 10.8. The number of methoxy groups -OCH3 is 1. The third-order valence-corrected chi connectivity index (χ3v) is 4.75. The number of amides is 2. The standard InChI is InChI=1S/C20H24N2O3S/c1-4-22(14-18-6-5-13-26-18)20(24)15(2)21-19(23)12-9-16-7-10-17(25-3)11-8-16/h5-13,15H,4,14H2,1-3H3,(H,21,23)/b12-9+. The summed E-state index contributed by atoms with van der Waals surface area (Å²) in [4.78, 5) is 27.5. The Balaban J connectivity index is 1.89. The first kappa shape index (κ1) is 19.7. The minimum atomic E-state index is -0.581. The van der Waals surface area contributed by atoms with Gasteiger partial charge in [-0.25, -0.2) is 0 Å². The summed E-state index contributed by atoms with van der Waals surface area (Å²) >= 11 is 1.62. The maximum atomic E-state index is 12.6. The molecule has 0 saturated heterocycles. The normalized spacial score (nSPS) is 12.0. The first-order chi connectivity index (χ1) is 12.5. The van der Waals surface area contributed by atoms with E-state index in [0.717, 1.165) is 16.2 Å². The quantitative estimate of drug-likeness (QED) is 0.723. The summed E-state index contributed by atoms with van der Waals surface area (Å²) in [6.45, 7) is 4.80. The molecule has 1 aromatic heterocycles. The molecule has 6 heteroatoms. The van der Waals surface area contributed by atoms with Crippen LogP contribution in [-0.4, -0.2) is 36.4 Å². The number of rotatable bonds is 8. The van der Waals surface area contributed by atoms with Gasteiger partial charge in [-0.15, -0.1) is 11.3 Å². The molecular formula is C20H24N2O3S. The maximum absolute atomic E-state index is 12.6. The van der Waals surface area contributed by atoms with Gasteiger partial charge in [0.25, 0.3) is 0 Å². The fraction of sp³-hybridized carbons (Fsp3) is 0.300. The third-order valence-electron chi connectivity index (χ3n) is 3.89. The monoisotopic (exact) mass is 372 g/mol. The highest BCUT2D eigenvalue weighted by molar-refractivity contribution is 7.09. The molecule has 2 rings (SSSR count). The molecule has 26 heavy (non-hydrogen) atoms. The first-order valence-electron chi connectivity index (χ1n) is 8.47. The van der Waals surface area contributed by atoms with Gasteiger partial charge < -0.3 is 15.0 Å². The van der Waals surface area contributed by atoms with E-state index >= 15 is 0 Å². The van der Waals surface area contributed by atoms with Gasteiger partial charge in [-0.1, -0.05) is 18.2 Å². The number of thiophene rings is 1. The number of hydrogen-bond donors (Lipinski definition) is 1. The van der Waals surface area contributed by atoms with Crippen LogP contribution in [0.25, 0.3) is 6.08 Å². The fourth-order valence-corrected chi connectivity index (χ4v) is 3.14. The van der Waals surface area contributed by atoms with Crippen LogP contribution in [0.15, 0.2) is 47.9 Å². The lowest BCUT2D eigenvalue weighted by atomic mass is 10.2. The van der Waals surface area contributed by atoms with Crippen LogP contribution in [-0.2, 0) is 16.1 Å². The van der Waals surface area contributed by atoms with Gasteiger partial charge in [0.05, 0.1) is 13.7 Å². The van der Waals surface area contributed by atoms with Crippen molar-refractivity contribution in [2.45, 2.75) is 26.4 Å². The van der Waals surface area contributed by atoms with E-state index in [-0.39, 0.29) is 11.8 Å². The summed E-state index contributed by atoms with van der Waals surface area (Å²) in [5, 5.41) is 4.72. The summed E-state index contributed by atoms with van der Waals surface area (Å²) < 4.78 is 5.10. The van der Waals surface area contributed by atoms with E-state index in [1.165, 1.54) is 6.08 Å². The van der Waals surface area contributed by atoms with Gasteiger partial charge in [-0.05, 0) is 49.1 Å². The molecule has 1 atom stereocenters. The maximum Gasteiger partial charge on any atom is 0.245 e. The summed E-state index contributed by atoms with van der Waals surface area (Å²) in [7, 11) is 1.61. The number of carbonyl (C=O) groups excluding carboxylic acids is 2. The highest BCUT2D eigenvalue weighted by Crippen LogP contribution is 2.13. The Kier molecular flexibility index (Phi) is 7.41. The number of nitrogens with zero attached hydrogens (tertiary/aromatic N) is 1. The Morgan fingerprint density at radius 3 is 2.58 bits per heavy atom. The van der Waals surface area contributed by atoms with Crippen LogP contribution in [0.2, 0.25) is 0 Å². The molecule has 0 fully saturated rings. The van der Waals surface area contributed by atoms with Gasteiger partial charge in [-0.3, -0.25) is 9.59 Å². The van der Waals surface area contributed by atoms with Gasteiger partial charge in [-0.2, -0.15) is 0 Å². The summed E-state index contributed by atoms with van der Waals surface area (Å²) in [5.74, 6) is 0.372. The molecule has 0 radical (unpaired) electrons. The van der Waals surface area contributed by atoms with Crippen molar-refractivity contribution in [2.75, 3.05) is 13.7 Å². The van der Waals surface area contributed by atoms with Crippen molar-refractivity contribution in [1.29, 1.82) is 0 Å². The van der Waals surface area contributed by atoms with Crippen molar-refractivity contribution in [3.63, 3.8) is 0 Å². The number of ether oxygens (including phenoxy) is 1. The van der Waals surface area contributed by atoms with E-state index in [4.69, 9.17) is 4.74 Å². The minimum absolute atomic E-state index is 0.0907. The highest BCUT2D eigenvalue weighted by Gasteiger charge is 2.20. The van der Waals surface area contributed by atoms with Crippen LogP contribution in [0.5, 0.6) is 5.75 Å². The van der Waals surface area contributed by atoms with Gasteiger partial charge in [0.15, 0.2) is 0 Å². The number of nitrogens with one attached hydrogen (secondary N) is 1. The van der Waals surface area contributed by atoms with Crippen LogP contribution < -0.4 is 10.1 Å². The predicted octanol–water partition coefficient (Wildman–Crippen LogP) is 3.32. The van der Waals surface area contributed by atoms with Crippen molar-refractivity contribution in [3.05, 3.63) is 58.3 Å². The Hall–Kier alpha value is -2.60. The second-order valence-electron chi connectivity index (χ2n) is 5.77. The van der Waals surface area contributed by atoms with E-state index in [0.29, 0.717) is 13.1 Å². The second-order valence-corrected chi connectivity index (χ2v) is 6.80. The van der Waals surface area contributed by atoms with E-state index in [1.54, 1.807) is 36.3 Å². The molecule has 138 valence electrons. The van der Waals surface area contributed by atoms with Crippen molar-refractivity contribution < 1.29 is 14.3 Å². The van der Waals surface area contributed by atoms with Crippen LogP contribution in [0.1, 0.15) is 24.3 Å². The van der Waals surface area contributed by atoms with Gasteiger partial charge >= 0.3 is 0 Å². The lowest BCUT2D eigenvalue weighted by molar-refractivity contribution is -0.135. The number of benzene rings is 1. The van der Waals surface area contributed by atoms with Crippen molar-refractivity contribution in [1.82, 2.24) is 10.2 Å². The summed E-state index contributed by atoms with van der Waals surface area (Å²) in [6.07, 6.45) is 3.14. The molecule has 0 bridgehead atoms. The molecule has 1 unspecified atom stereocenters. The molecule has 1 heterocycles. The molecule has 1 N–H and O–H groups in total. The molecule has 2 aromatic rings. The Bertz CT molecular complexity index is 739. The predicted molar refractivity (Wildman–Crippen MR) is 105 cm³/mol. The zero-order chi connectivity index (χ0) is 18.9. The van der Waals surface area contributed by atoms with E-state index in [9.17, 15) is 9.59 Å². The van der Waals surface area contributed by atoms with Crippen molar-refractivity contribution in [2.24, 2.45) is 0 Å². The van der Waals surface area contributed by atoms with Crippen LogP contribution >= 0.6 is 11.3 Å². The number of likely N-dealkylation sites (N-methyl/N-ethyl adjacent to an activating group) is 1. The molecule has 0 aliphatic rings. The van der Waals surface area contributed by atoms with Crippen molar-refractivity contribution >= 4 is 29.2 Å². The number of carbonyl (C=O) groups is 2. The molecule has 1 aromatic carbocycles. The zero-order valence-corrected chi connectivity index (χ0v) is 16.1. The van der Waals surface area contributed by atoms with E-state index in [2.05, 4.69) is 5.32 Å². The Morgan fingerprint density at radius 1 is 1.27 bits per heavy atom. The Morgan fingerprint density at radius 2 is 2.00 bits per heavy atom. The molecule has 5 nitrogen and oxygen atoms in total. The van der Waals surface area contributed by atoms with Crippen LogP contribution in [0.3, 0.4) is 0 Å². The SMILES string of the molecule is CCN(Cc1cccs1)C(=O)C(C)NC(=O)/C=C/c1ccc(OC)cc1. The first-order valence-corrected chi connectivity index (χ1v) is 9.35. The van der Waals surface area contributed by atoms with Gasteiger partial charge in [0.2, 0.25) is 11.8 Å².